The van der Waals surface area contributed by atoms with E-state index < -0.39 is 5.41 Å². The van der Waals surface area contributed by atoms with Crippen molar-refractivity contribution >= 4 is 10.2 Å². The van der Waals surface area contributed by atoms with Crippen LogP contribution in [-0.4, -0.2) is 40.0 Å². The van der Waals surface area contributed by atoms with E-state index in [9.17, 15) is 0 Å². The predicted octanol–water partition coefficient (Wildman–Crippen LogP) is 1.13. The van der Waals surface area contributed by atoms with E-state index in [1.54, 1.807) is 0 Å². The standard InChI is InChI=1S/C13H24N2O3Si/c1-5-16-12(15-9-8-14(4)11-15)10-13(19,17-6-2)18-7-3/h8-9,11-12H,5-7,10H2,1-4H3/q+1. The second kappa shape index (κ2) is 7.79. The molecule has 6 heteroatoms. The van der Waals surface area contributed by atoms with Gasteiger partial charge in [-0.15, -0.1) is 0 Å². The summed E-state index contributed by atoms with van der Waals surface area (Å²) in [5.41, 5.74) is -0.813. The number of hydrogen-bond donors (Lipinski definition) is 0. The molecule has 1 heterocycles. The molecule has 19 heavy (non-hydrogen) atoms. The molecule has 5 nitrogen and oxygen atoms in total. The van der Waals surface area contributed by atoms with Crippen LogP contribution in [0.2, 0.25) is 0 Å². The minimum Gasteiger partial charge on any atom is -0.355 e. The van der Waals surface area contributed by atoms with Crippen LogP contribution >= 0.6 is 0 Å². The first-order valence-electron chi connectivity index (χ1n) is 6.71. The smallest absolute Gasteiger partial charge is 0.245 e. The van der Waals surface area contributed by atoms with Crippen LogP contribution in [0.4, 0.5) is 0 Å². The summed E-state index contributed by atoms with van der Waals surface area (Å²) < 4.78 is 21.1. The Morgan fingerprint density at radius 3 is 2.26 bits per heavy atom. The fourth-order valence-electron chi connectivity index (χ4n) is 1.94. The van der Waals surface area contributed by atoms with Gasteiger partial charge in [0.25, 0.3) is 0 Å². The minimum absolute atomic E-state index is 0.137. The van der Waals surface area contributed by atoms with Crippen molar-refractivity contribution in [2.24, 2.45) is 7.05 Å². The summed E-state index contributed by atoms with van der Waals surface area (Å²) in [4.78, 5) is 0. The van der Waals surface area contributed by atoms with Gasteiger partial charge in [-0.2, -0.15) is 0 Å². The van der Waals surface area contributed by atoms with Crippen LogP contribution in [0.1, 0.15) is 33.4 Å². The van der Waals surface area contributed by atoms with Crippen LogP contribution in [0.3, 0.4) is 0 Å². The van der Waals surface area contributed by atoms with Crippen LogP contribution in [0.5, 0.6) is 0 Å². The molecule has 0 saturated heterocycles. The highest BCUT2D eigenvalue weighted by molar-refractivity contribution is 6.13. The van der Waals surface area contributed by atoms with Crippen molar-refractivity contribution in [2.75, 3.05) is 19.8 Å². The zero-order valence-electron chi connectivity index (χ0n) is 12.3. The van der Waals surface area contributed by atoms with Gasteiger partial charge in [0.2, 0.25) is 12.6 Å². The van der Waals surface area contributed by atoms with E-state index in [0.29, 0.717) is 26.2 Å². The average Bonchev–Trinajstić information content (AvgIpc) is 2.76. The molecule has 0 saturated carbocycles. The zero-order valence-corrected chi connectivity index (χ0v) is 13.3. The van der Waals surface area contributed by atoms with Crippen LogP contribution in [0.15, 0.2) is 18.7 Å². The summed E-state index contributed by atoms with van der Waals surface area (Å²) in [5, 5.41) is 0. The Hall–Kier alpha value is -0.693. The van der Waals surface area contributed by atoms with Gasteiger partial charge in [-0.3, -0.25) is 0 Å². The molecule has 1 unspecified atom stereocenters. The van der Waals surface area contributed by atoms with Crippen molar-refractivity contribution in [3.8, 4) is 0 Å². The van der Waals surface area contributed by atoms with Gasteiger partial charge in [-0.25, -0.2) is 9.13 Å². The number of nitrogens with zero attached hydrogens (tertiary/aromatic N) is 2. The highest BCUT2D eigenvalue weighted by atomic mass is 28.1. The molecule has 1 atom stereocenters. The summed E-state index contributed by atoms with van der Waals surface area (Å²) in [6.45, 7) is 7.64. The molecule has 0 spiro atoms. The Labute approximate surface area is 118 Å². The SMILES string of the molecule is CCOC(CC([Si])(OCC)OCC)n1cc[n+](C)c1. The Morgan fingerprint density at radius 1 is 1.21 bits per heavy atom. The monoisotopic (exact) mass is 284 g/mol. The molecule has 1 rings (SSSR count). The first kappa shape index (κ1) is 16.4. The third-order valence-electron chi connectivity index (χ3n) is 2.68. The minimum atomic E-state index is -0.813. The molecule has 0 aromatic carbocycles. The predicted molar refractivity (Wildman–Crippen MR) is 72.6 cm³/mol. The molecule has 3 radical (unpaired) electrons. The average molecular weight is 284 g/mol. The van der Waals surface area contributed by atoms with E-state index in [-0.39, 0.29) is 6.23 Å². The number of hydrogen-bond acceptors (Lipinski definition) is 3. The Morgan fingerprint density at radius 2 is 1.84 bits per heavy atom. The van der Waals surface area contributed by atoms with Crippen molar-refractivity contribution < 1.29 is 18.8 Å². The normalized spacial score (nSPS) is 13.7. The lowest BCUT2D eigenvalue weighted by Gasteiger charge is -2.31. The molecule has 0 aliphatic carbocycles. The Kier molecular flexibility index (Phi) is 6.71. The maximum absolute atomic E-state index is 5.79. The van der Waals surface area contributed by atoms with Crippen molar-refractivity contribution in [3.63, 3.8) is 0 Å². The first-order valence-corrected chi connectivity index (χ1v) is 7.21. The topological polar surface area (TPSA) is 36.5 Å². The summed E-state index contributed by atoms with van der Waals surface area (Å²) in [5.74, 6) is 0. The number of aryl methyl sites for hydroxylation is 1. The molecule has 1 aromatic rings. The van der Waals surface area contributed by atoms with Crippen molar-refractivity contribution in [3.05, 3.63) is 18.7 Å². The maximum Gasteiger partial charge on any atom is 0.245 e. The van der Waals surface area contributed by atoms with Gasteiger partial charge < -0.3 is 14.2 Å². The van der Waals surface area contributed by atoms with E-state index in [0.717, 1.165) is 0 Å². The first-order chi connectivity index (χ1) is 9.04. The highest BCUT2D eigenvalue weighted by Crippen LogP contribution is 2.24. The van der Waals surface area contributed by atoms with Gasteiger partial charge >= 0.3 is 0 Å². The fourth-order valence-corrected chi connectivity index (χ4v) is 2.40. The quantitative estimate of drug-likeness (QED) is 0.387. The van der Waals surface area contributed by atoms with Crippen molar-refractivity contribution in [1.29, 1.82) is 0 Å². The van der Waals surface area contributed by atoms with E-state index in [2.05, 4.69) is 10.2 Å². The highest BCUT2D eigenvalue weighted by Gasteiger charge is 2.32. The molecular formula is C13H24N2O3Si+. The van der Waals surface area contributed by atoms with Crippen LogP contribution in [0.25, 0.3) is 0 Å². The summed E-state index contributed by atoms with van der Waals surface area (Å²) in [6, 6.07) is 0. The third kappa shape index (κ3) is 5.06. The molecule has 0 amide bonds. The zero-order chi connectivity index (χ0) is 14.3. The Bertz CT molecular complexity index is 365. The Balaban J connectivity index is 2.80. The molecule has 0 fully saturated rings. The molecule has 1 aromatic heterocycles. The number of ether oxygens (including phenoxy) is 3. The summed E-state index contributed by atoms with van der Waals surface area (Å²) >= 11 is 0. The van der Waals surface area contributed by atoms with Crippen LogP contribution < -0.4 is 4.57 Å². The van der Waals surface area contributed by atoms with Gasteiger partial charge in [0.15, 0.2) is 5.41 Å². The van der Waals surface area contributed by atoms with Crippen molar-refractivity contribution in [2.45, 2.75) is 38.8 Å². The van der Waals surface area contributed by atoms with Gasteiger partial charge in [-0.1, -0.05) is 0 Å². The fraction of sp³-hybridized carbons (Fsp3) is 0.769. The molecule has 107 valence electrons. The van der Waals surface area contributed by atoms with Gasteiger partial charge in [0.1, 0.15) is 22.6 Å². The maximum atomic E-state index is 5.79. The largest absolute Gasteiger partial charge is 0.355 e. The van der Waals surface area contributed by atoms with Gasteiger partial charge in [0.05, 0.1) is 13.5 Å². The molecule has 0 aliphatic heterocycles. The molecule has 0 aliphatic rings. The molecular weight excluding hydrogens is 260 g/mol. The lowest BCUT2D eigenvalue weighted by molar-refractivity contribution is -0.671. The lowest BCUT2D eigenvalue weighted by Crippen LogP contribution is -2.40. The van der Waals surface area contributed by atoms with Crippen molar-refractivity contribution in [1.82, 2.24) is 4.57 Å². The van der Waals surface area contributed by atoms with E-state index in [1.165, 1.54) is 0 Å². The number of aromatic nitrogens is 2. The second-order valence-corrected chi connectivity index (χ2v) is 5.02. The number of imidazole rings is 1. The summed E-state index contributed by atoms with van der Waals surface area (Å²) in [7, 11) is 5.57. The van der Waals surface area contributed by atoms with E-state index in [1.807, 2.05) is 55.7 Å². The van der Waals surface area contributed by atoms with Gasteiger partial charge in [0, 0.05) is 19.8 Å². The van der Waals surface area contributed by atoms with Crippen LogP contribution in [-0.2, 0) is 21.3 Å². The number of rotatable bonds is 9. The third-order valence-corrected chi connectivity index (χ3v) is 3.17. The lowest BCUT2D eigenvalue weighted by atomic mass is 10.3. The molecule has 0 N–H and O–H groups in total. The van der Waals surface area contributed by atoms with Crippen LogP contribution in [0, 0.1) is 0 Å². The molecule has 0 bridgehead atoms. The second-order valence-electron chi connectivity index (χ2n) is 4.26. The van der Waals surface area contributed by atoms with E-state index in [4.69, 9.17) is 14.2 Å². The summed E-state index contributed by atoms with van der Waals surface area (Å²) in [6.07, 6.45) is 6.36. The van der Waals surface area contributed by atoms with E-state index >= 15 is 0 Å². The van der Waals surface area contributed by atoms with Gasteiger partial charge in [-0.05, 0) is 20.8 Å².